The molecule has 1 rings (SSSR count). The quantitative estimate of drug-likeness (QED) is 0.617. The van der Waals surface area contributed by atoms with Crippen molar-refractivity contribution < 1.29 is 19.4 Å². The molecule has 0 fully saturated rings. The molecule has 0 bridgehead atoms. The molecule has 0 saturated heterocycles. The van der Waals surface area contributed by atoms with Gasteiger partial charge >= 0.3 is 5.97 Å². The predicted molar refractivity (Wildman–Crippen MR) is 70.4 cm³/mol. The zero-order valence-electron chi connectivity index (χ0n) is 11.1. The Bertz CT molecular complexity index is 523. The Balaban J connectivity index is 3.06. The summed E-state index contributed by atoms with van der Waals surface area (Å²) in [4.78, 5) is 21.6. The van der Waals surface area contributed by atoms with Crippen LogP contribution in [0.4, 0.5) is 0 Å². The summed E-state index contributed by atoms with van der Waals surface area (Å²) in [7, 11) is 1.48. The second kappa shape index (κ2) is 6.53. The molecule has 1 amide bonds. The Kier molecular flexibility index (Phi) is 5.05. The molecule has 0 aliphatic heterocycles. The monoisotopic (exact) mass is 264 g/mol. The summed E-state index contributed by atoms with van der Waals surface area (Å²) in [6.45, 7) is 3.09. The molecule has 0 aliphatic rings. The van der Waals surface area contributed by atoms with Crippen molar-refractivity contribution in [1.82, 2.24) is 5.43 Å². The molecule has 6 nitrogen and oxygen atoms in total. The van der Waals surface area contributed by atoms with Crippen LogP contribution in [0.25, 0.3) is 0 Å². The van der Waals surface area contributed by atoms with Gasteiger partial charge in [-0.15, -0.1) is 0 Å². The molecule has 6 heteroatoms. The van der Waals surface area contributed by atoms with Crippen molar-refractivity contribution in [1.29, 1.82) is 0 Å². The second-order valence-electron chi connectivity index (χ2n) is 3.96. The molecule has 0 aromatic heterocycles. The van der Waals surface area contributed by atoms with Crippen LogP contribution < -0.4 is 10.2 Å². The van der Waals surface area contributed by atoms with Gasteiger partial charge in [0.25, 0.3) is 0 Å². The van der Waals surface area contributed by atoms with Crippen molar-refractivity contribution in [3.05, 3.63) is 29.3 Å². The van der Waals surface area contributed by atoms with Crippen LogP contribution >= 0.6 is 0 Å². The Hall–Kier alpha value is -2.37. The third-order valence-electron chi connectivity index (χ3n) is 2.42. The van der Waals surface area contributed by atoms with Gasteiger partial charge in [-0.25, -0.2) is 5.43 Å². The van der Waals surface area contributed by atoms with Crippen molar-refractivity contribution >= 4 is 17.6 Å². The number of ether oxygens (including phenoxy) is 1. The van der Waals surface area contributed by atoms with Gasteiger partial charge in [0.1, 0.15) is 5.75 Å². The van der Waals surface area contributed by atoms with Crippen LogP contribution in [0.5, 0.6) is 5.75 Å². The number of carbonyl (C=O) groups is 2. The van der Waals surface area contributed by atoms with Gasteiger partial charge in [-0.3, -0.25) is 9.59 Å². The largest absolute Gasteiger partial charge is 0.496 e. The lowest BCUT2D eigenvalue weighted by Crippen LogP contribution is -2.15. The number of carboxylic acids is 1. The molecule has 0 aliphatic carbocycles. The van der Waals surface area contributed by atoms with Crippen LogP contribution in [-0.4, -0.2) is 29.8 Å². The number of amides is 1. The SMILES string of the molecule is COc1ccc(/C(C)=N\NC(C)=O)cc1CC(=O)O. The molecule has 1 aromatic carbocycles. The van der Waals surface area contributed by atoms with Gasteiger partial charge in [-0.1, -0.05) is 0 Å². The summed E-state index contributed by atoms with van der Waals surface area (Å²) in [5.74, 6) is -0.691. The number of nitrogens with zero attached hydrogens (tertiary/aromatic N) is 1. The number of rotatable bonds is 5. The maximum Gasteiger partial charge on any atom is 0.307 e. The first kappa shape index (κ1) is 14.7. The zero-order chi connectivity index (χ0) is 14.4. The average Bonchev–Trinajstić information content (AvgIpc) is 2.35. The fraction of sp³-hybridized carbons (Fsp3) is 0.308. The van der Waals surface area contributed by atoms with Crippen molar-refractivity contribution in [2.24, 2.45) is 5.10 Å². The van der Waals surface area contributed by atoms with Gasteiger partial charge in [-0.05, 0) is 30.7 Å². The standard InChI is InChI=1S/C13H16N2O4/c1-8(14-15-9(2)16)10-4-5-12(19-3)11(6-10)7-13(17)18/h4-6H,7H2,1-3H3,(H,15,16)(H,17,18)/b14-8-. The van der Waals surface area contributed by atoms with E-state index in [0.717, 1.165) is 5.56 Å². The van der Waals surface area contributed by atoms with Gasteiger partial charge in [0.2, 0.25) is 5.91 Å². The van der Waals surface area contributed by atoms with Gasteiger partial charge in [0, 0.05) is 12.5 Å². The zero-order valence-corrected chi connectivity index (χ0v) is 11.1. The summed E-state index contributed by atoms with van der Waals surface area (Å²) >= 11 is 0. The first-order chi connectivity index (χ1) is 8.93. The smallest absolute Gasteiger partial charge is 0.307 e. The van der Waals surface area contributed by atoms with E-state index < -0.39 is 5.97 Å². The molecule has 102 valence electrons. The van der Waals surface area contributed by atoms with Gasteiger partial charge in [-0.2, -0.15) is 5.10 Å². The first-order valence-corrected chi connectivity index (χ1v) is 5.64. The van der Waals surface area contributed by atoms with E-state index in [1.165, 1.54) is 14.0 Å². The Morgan fingerprint density at radius 3 is 2.58 bits per heavy atom. The van der Waals surface area contributed by atoms with E-state index in [4.69, 9.17) is 9.84 Å². The van der Waals surface area contributed by atoms with Crippen molar-refractivity contribution in [2.45, 2.75) is 20.3 Å². The van der Waals surface area contributed by atoms with Crippen molar-refractivity contribution in [3.8, 4) is 5.75 Å². The summed E-state index contributed by atoms with van der Waals surface area (Å²) in [6.07, 6.45) is -0.134. The number of hydrazone groups is 1. The van der Waals surface area contributed by atoms with Crippen LogP contribution in [0.2, 0.25) is 0 Å². The van der Waals surface area contributed by atoms with Crippen molar-refractivity contribution in [2.75, 3.05) is 7.11 Å². The number of methoxy groups -OCH3 is 1. The lowest BCUT2D eigenvalue weighted by molar-refractivity contribution is -0.136. The van der Waals surface area contributed by atoms with Crippen LogP contribution in [0.15, 0.2) is 23.3 Å². The number of benzene rings is 1. The van der Waals surface area contributed by atoms with Gasteiger partial charge in [0.05, 0.1) is 19.2 Å². The Labute approximate surface area is 111 Å². The molecular formula is C13H16N2O4. The predicted octanol–water partition coefficient (Wildman–Crippen LogP) is 1.18. The van der Waals surface area contributed by atoms with Gasteiger partial charge in [0.15, 0.2) is 0 Å². The molecule has 1 aromatic rings. The Morgan fingerprint density at radius 2 is 2.05 bits per heavy atom. The minimum Gasteiger partial charge on any atom is -0.496 e. The van der Waals surface area contributed by atoms with E-state index in [1.54, 1.807) is 25.1 Å². The topological polar surface area (TPSA) is 88.0 Å². The number of nitrogens with one attached hydrogen (secondary N) is 1. The maximum atomic E-state index is 10.8. The fourth-order valence-electron chi connectivity index (χ4n) is 1.53. The highest BCUT2D eigenvalue weighted by Gasteiger charge is 2.10. The highest BCUT2D eigenvalue weighted by Crippen LogP contribution is 2.21. The summed E-state index contributed by atoms with van der Waals surface area (Å²) in [6, 6.07) is 5.12. The highest BCUT2D eigenvalue weighted by atomic mass is 16.5. The third-order valence-corrected chi connectivity index (χ3v) is 2.42. The summed E-state index contributed by atoms with van der Waals surface area (Å²) < 4.78 is 5.11. The molecule has 0 heterocycles. The van der Waals surface area contributed by atoms with Crippen LogP contribution in [0.3, 0.4) is 0 Å². The van der Waals surface area contributed by atoms with E-state index in [2.05, 4.69) is 10.5 Å². The van der Waals surface area contributed by atoms with E-state index in [-0.39, 0.29) is 12.3 Å². The number of hydrogen-bond donors (Lipinski definition) is 2. The molecule has 0 unspecified atom stereocenters. The van der Waals surface area contributed by atoms with Crippen molar-refractivity contribution in [3.63, 3.8) is 0 Å². The number of aliphatic carboxylic acids is 1. The molecule has 0 radical (unpaired) electrons. The minimum atomic E-state index is -0.938. The minimum absolute atomic E-state index is 0.134. The lowest BCUT2D eigenvalue weighted by Gasteiger charge is -2.09. The molecule has 0 saturated carbocycles. The average molecular weight is 264 g/mol. The number of carboxylic acid groups (broad SMARTS) is 1. The van der Waals surface area contributed by atoms with E-state index in [0.29, 0.717) is 17.0 Å². The normalized spacial score (nSPS) is 11.0. The van der Waals surface area contributed by atoms with Crippen LogP contribution in [-0.2, 0) is 16.0 Å². The number of carbonyl (C=O) groups excluding carboxylic acids is 1. The van der Waals surface area contributed by atoms with Gasteiger partial charge < -0.3 is 9.84 Å². The molecule has 0 spiro atoms. The highest BCUT2D eigenvalue weighted by molar-refractivity contribution is 5.99. The van der Waals surface area contributed by atoms with Crippen LogP contribution in [0, 0.1) is 0 Å². The van der Waals surface area contributed by atoms with E-state index >= 15 is 0 Å². The summed E-state index contributed by atoms with van der Waals surface area (Å²) in [5.41, 5.74) is 4.21. The molecular weight excluding hydrogens is 248 g/mol. The third kappa shape index (κ3) is 4.42. The maximum absolute atomic E-state index is 10.8. The lowest BCUT2D eigenvalue weighted by atomic mass is 10.0. The Morgan fingerprint density at radius 1 is 1.37 bits per heavy atom. The second-order valence-corrected chi connectivity index (χ2v) is 3.96. The van der Waals surface area contributed by atoms with E-state index in [9.17, 15) is 9.59 Å². The molecule has 19 heavy (non-hydrogen) atoms. The molecule has 0 atom stereocenters. The van der Waals surface area contributed by atoms with Crippen LogP contribution in [0.1, 0.15) is 25.0 Å². The fourth-order valence-corrected chi connectivity index (χ4v) is 1.53. The molecule has 2 N–H and O–H groups in total. The number of hydrogen-bond acceptors (Lipinski definition) is 4. The summed E-state index contributed by atoms with van der Waals surface area (Å²) in [5, 5.41) is 12.7. The first-order valence-electron chi connectivity index (χ1n) is 5.64. The van der Waals surface area contributed by atoms with E-state index in [1.807, 2.05) is 0 Å².